The van der Waals surface area contributed by atoms with Crippen LogP contribution in [-0.2, 0) is 0 Å². The van der Waals surface area contributed by atoms with Crippen molar-refractivity contribution in [3.63, 3.8) is 0 Å². The molecule has 1 aromatic carbocycles. The molecule has 0 saturated carbocycles. The molecule has 3 heteroatoms. The number of aromatic nitrogens is 2. The van der Waals surface area contributed by atoms with E-state index in [4.69, 9.17) is 0 Å². The lowest BCUT2D eigenvalue weighted by Crippen LogP contribution is -1.89. The van der Waals surface area contributed by atoms with E-state index >= 15 is 0 Å². The minimum Gasteiger partial charge on any atom is -0.252 e. The van der Waals surface area contributed by atoms with Gasteiger partial charge in [-0.3, -0.25) is 4.98 Å². The maximum Gasteiger partial charge on any atom is 0.0992 e. The number of aryl methyl sites for hydroxylation is 1. The van der Waals surface area contributed by atoms with Crippen molar-refractivity contribution in [2.75, 3.05) is 0 Å². The van der Waals surface area contributed by atoms with Gasteiger partial charge >= 0.3 is 0 Å². The second-order valence-electron chi connectivity index (χ2n) is 3.68. The van der Waals surface area contributed by atoms with E-state index in [0.29, 0.717) is 0 Å². The molecule has 0 spiro atoms. The molecule has 0 atom stereocenters. The molecule has 2 aromatic heterocycles. The van der Waals surface area contributed by atoms with Gasteiger partial charge in [-0.25, -0.2) is 4.98 Å². The van der Waals surface area contributed by atoms with Crippen LogP contribution in [0.1, 0.15) is 5.56 Å². The van der Waals surface area contributed by atoms with E-state index in [0.717, 1.165) is 21.6 Å². The number of rotatable bonds is 1. The smallest absolute Gasteiger partial charge is 0.0992 e. The van der Waals surface area contributed by atoms with Crippen molar-refractivity contribution < 1.29 is 0 Å². The first-order chi connectivity index (χ1) is 7.84. The summed E-state index contributed by atoms with van der Waals surface area (Å²) in [5.41, 5.74) is 4.08. The van der Waals surface area contributed by atoms with Crippen LogP contribution in [0.5, 0.6) is 0 Å². The second-order valence-corrected chi connectivity index (χ2v) is 4.62. The van der Waals surface area contributed by atoms with Gasteiger partial charge in [0.15, 0.2) is 0 Å². The fourth-order valence-electron chi connectivity index (χ4n) is 1.72. The van der Waals surface area contributed by atoms with Crippen molar-refractivity contribution in [2.24, 2.45) is 0 Å². The lowest BCUT2D eigenvalue weighted by atomic mass is 10.2. The average Bonchev–Trinajstić information content (AvgIpc) is 2.83. The zero-order chi connectivity index (χ0) is 11.0. The first kappa shape index (κ1) is 9.48. The highest BCUT2D eigenvalue weighted by Crippen LogP contribution is 2.24. The molecule has 0 aliphatic carbocycles. The van der Waals surface area contributed by atoms with Crippen molar-refractivity contribution in [3.05, 3.63) is 47.5 Å². The average molecular weight is 226 g/mol. The minimum absolute atomic E-state index is 0.955. The van der Waals surface area contributed by atoms with Gasteiger partial charge in [-0.2, -0.15) is 0 Å². The first-order valence-electron chi connectivity index (χ1n) is 5.11. The molecular weight excluding hydrogens is 216 g/mol. The fourth-order valence-corrected chi connectivity index (χ4v) is 2.40. The van der Waals surface area contributed by atoms with E-state index in [1.807, 2.05) is 24.4 Å². The molecule has 0 amide bonds. The van der Waals surface area contributed by atoms with Gasteiger partial charge in [-0.15, -0.1) is 11.3 Å². The zero-order valence-electron chi connectivity index (χ0n) is 8.84. The number of nitrogens with zero attached hydrogens (tertiary/aromatic N) is 2. The molecule has 0 saturated heterocycles. The molecule has 0 fully saturated rings. The number of benzene rings is 1. The summed E-state index contributed by atoms with van der Waals surface area (Å²) in [7, 11) is 0. The van der Waals surface area contributed by atoms with E-state index in [1.165, 1.54) is 5.56 Å². The Bertz CT molecular complexity index is 629. The molecular formula is C13H10N2S. The maximum atomic E-state index is 4.67. The van der Waals surface area contributed by atoms with Crippen LogP contribution in [0.4, 0.5) is 0 Å². The molecule has 0 unspecified atom stereocenters. The van der Waals surface area contributed by atoms with E-state index in [1.54, 1.807) is 11.3 Å². The Kier molecular flexibility index (Phi) is 2.18. The van der Waals surface area contributed by atoms with Gasteiger partial charge in [0.05, 0.1) is 27.8 Å². The molecule has 2 nitrogen and oxygen atoms in total. The molecule has 0 radical (unpaired) electrons. The highest BCUT2D eigenvalue weighted by Gasteiger charge is 2.04. The lowest BCUT2D eigenvalue weighted by Gasteiger charge is -2.02. The van der Waals surface area contributed by atoms with Crippen LogP contribution >= 0.6 is 11.3 Å². The van der Waals surface area contributed by atoms with Crippen LogP contribution in [-0.4, -0.2) is 9.97 Å². The van der Waals surface area contributed by atoms with E-state index in [-0.39, 0.29) is 0 Å². The molecule has 0 bridgehead atoms. The van der Waals surface area contributed by atoms with Gasteiger partial charge in [-0.05, 0) is 30.0 Å². The third-order valence-corrected chi connectivity index (χ3v) is 3.44. The third-order valence-electron chi connectivity index (χ3n) is 2.55. The third kappa shape index (κ3) is 1.49. The van der Waals surface area contributed by atoms with Gasteiger partial charge < -0.3 is 0 Å². The number of fused-ring (bicyclic) bond motifs is 1. The quantitative estimate of drug-likeness (QED) is 0.632. The molecule has 3 rings (SSSR count). The fraction of sp³-hybridized carbons (Fsp3) is 0.0769. The van der Waals surface area contributed by atoms with Crippen molar-refractivity contribution in [2.45, 2.75) is 6.92 Å². The van der Waals surface area contributed by atoms with Crippen LogP contribution in [0.2, 0.25) is 0 Å². The number of para-hydroxylation sites is 1. The summed E-state index contributed by atoms with van der Waals surface area (Å²) in [6.45, 7) is 2.06. The van der Waals surface area contributed by atoms with Gasteiger partial charge in [0, 0.05) is 0 Å². The predicted molar refractivity (Wildman–Crippen MR) is 67.6 cm³/mol. The Morgan fingerprint density at radius 2 is 2.06 bits per heavy atom. The SMILES string of the molecule is Cc1cccc2ncc(-c3cccs3)nc12. The normalized spacial score (nSPS) is 10.8. The van der Waals surface area contributed by atoms with E-state index in [9.17, 15) is 0 Å². The number of hydrogen-bond acceptors (Lipinski definition) is 3. The molecule has 16 heavy (non-hydrogen) atoms. The van der Waals surface area contributed by atoms with Crippen LogP contribution in [0.3, 0.4) is 0 Å². The van der Waals surface area contributed by atoms with Crippen molar-refractivity contribution in [1.29, 1.82) is 0 Å². The zero-order valence-corrected chi connectivity index (χ0v) is 9.66. The predicted octanol–water partition coefficient (Wildman–Crippen LogP) is 3.67. The van der Waals surface area contributed by atoms with Crippen LogP contribution in [0.25, 0.3) is 21.6 Å². The highest BCUT2D eigenvalue weighted by molar-refractivity contribution is 7.13. The summed E-state index contributed by atoms with van der Waals surface area (Å²) in [5.74, 6) is 0. The number of hydrogen-bond donors (Lipinski definition) is 0. The summed E-state index contributed by atoms with van der Waals surface area (Å²) in [5, 5.41) is 2.05. The Morgan fingerprint density at radius 1 is 1.12 bits per heavy atom. The topological polar surface area (TPSA) is 25.8 Å². The summed E-state index contributed by atoms with van der Waals surface area (Å²) >= 11 is 1.69. The summed E-state index contributed by atoms with van der Waals surface area (Å²) in [6.07, 6.45) is 1.84. The van der Waals surface area contributed by atoms with E-state index < -0.39 is 0 Å². The molecule has 2 heterocycles. The Labute approximate surface area is 97.6 Å². The molecule has 3 aromatic rings. The maximum absolute atomic E-state index is 4.67. The van der Waals surface area contributed by atoms with Gasteiger partial charge in [0.2, 0.25) is 0 Å². The van der Waals surface area contributed by atoms with Gasteiger partial charge in [0.1, 0.15) is 0 Å². The minimum atomic E-state index is 0.955. The first-order valence-corrected chi connectivity index (χ1v) is 5.99. The van der Waals surface area contributed by atoms with Crippen LogP contribution < -0.4 is 0 Å². The van der Waals surface area contributed by atoms with Crippen molar-refractivity contribution in [1.82, 2.24) is 9.97 Å². The Morgan fingerprint density at radius 3 is 2.88 bits per heavy atom. The Balaban J connectivity index is 2.27. The largest absolute Gasteiger partial charge is 0.252 e. The molecule has 0 aliphatic rings. The molecule has 0 aliphatic heterocycles. The van der Waals surface area contributed by atoms with Gasteiger partial charge in [-0.1, -0.05) is 18.2 Å². The highest BCUT2D eigenvalue weighted by atomic mass is 32.1. The second kappa shape index (κ2) is 3.68. The molecule has 78 valence electrons. The van der Waals surface area contributed by atoms with Crippen molar-refractivity contribution in [3.8, 4) is 10.6 Å². The van der Waals surface area contributed by atoms with Crippen molar-refractivity contribution >= 4 is 22.4 Å². The lowest BCUT2D eigenvalue weighted by molar-refractivity contribution is 1.28. The van der Waals surface area contributed by atoms with Crippen LogP contribution in [0, 0.1) is 6.92 Å². The summed E-state index contributed by atoms with van der Waals surface area (Å²) < 4.78 is 0. The molecule has 0 N–H and O–H groups in total. The summed E-state index contributed by atoms with van der Waals surface area (Å²) in [6, 6.07) is 10.2. The van der Waals surface area contributed by atoms with E-state index in [2.05, 4.69) is 34.4 Å². The van der Waals surface area contributed by atoms with Gasteiger partial charge in [0.25, 0.3) is 0 Å². The monoisotopic (exact) mass is 226 g/mol. The van der Waals surface area contributed by atoms with Crippen LogP contribution in [0.15, 0.2) is 41.9 Å². The Hall–Kier alpha value is -1.74. The summed E-state index contributed by atoms with van der Waals surface area (Å²) in [4.78, 5) is 10.3. The number of thiophene rings is 1. The standard InChI is InChI=1S/C13H10N2S/c1-9-4-2-5-10-13(9)15-11(8-14-10)12-6-3-7-16-12/h2-8H,1H3.